The first-order chi connectivity index (χ1) is 25.3. The number of nitrogen functional groups attached to an aromatic ring is 1. The summed E-state index contributed by atoms with van der Waals surface area (Å²) in [6.07, 6.45) is -7.59. The van der Waals surface area contributed by atoms with Crippen molar-refractivity contribution in [2.75, 3.05) is 37.8 Å². The molecule has 0 bridgehead atoms. The normalized spacial score (nSPS) is 22.0. The average Bonchev–Trinajstić information content (AvgIpc) is 3.64. The minimum Gasteiger partial charge on any atom is -0.756 e. The molecule has 0 radical (unpaired) electrons. The summed E-state index contributed by atoms with van der Waals surface area (Å²) in [6.45, 7) is 0.993. The van der Waals surface area contributed by atoms with Crippen LogP contribution in [0.5, 0.6) is 0 Å². The summed E-state index contributed by atoms with van der Waals surface area (Å²) in [5, 5.41) is 34.2. The molecule has 1 fully saturated rings. The maximum absolute atomic E-state index is 12.5. The van der Waals surface area contributed by atoms with Gasteiger partial charge in [-0.15, -0.1) is 0 Å². The number of aliphatic hydroxyl groups is 2. The number of hydrogen-bond donors (Lipinski definition) is 7. The molecule has 8 N–H and O–H groups in total. The van der Waals surface area contributed by atoms with Gasteiger partial charge in [-0.1, -0.05) is 25.6 Å². The first-order valence-electron chi connectivity index (χ1n) is 15.6. The van der Waals surface area contributed by atoms with Gasteiger partial charge in [0.05, 0.1) is 19.5 Å². The predicted octanol–water partition coefficient (Wildman–Crippen LogP) is -12.5. The molecule has 3 heterocycles. The van der Waals surface area contributed by atoms with Crippen LogP contribution in [0.1, 0.15) is 33.4 Å². The zero-order valence-electron chi connectivity index (χ0n) is 31.9. The van der Waals surface area contributed by atoms with Gasteiger partial charge in [0.1, 0.15) is 42.2 Å². The van der Waals surface area contributed by atoms with E-state index in [-0.39, 0.29) is 131 Å². The molecular formula is C25H37N7Na3O19P3S. The Hall–Kier alpha value is 0.0300. The van der Waals surface area contributed by atoms with E-state index in [1.807, 2.05) is 0 Å². The molecule has 26 nitrogen and oxygen atoms in total. The van der Waals surface area contributed by atoms with Crippen molar-refractivity contribution in [3.8, 4) is 0 Å². The molecule has 0 saturated carbocycles. The summed E-state index contributed by atoms with van der Waals surface area (Å²) in [4.78, 5) is 104. The molecule has 0 aliphatic carbocycles. The number of amides is 2. The molecule has 1 aliphatic heterocycles. The van der Waals surface area contributed by atoms with E-state index in [1.165, 1.54) is 20.8 Å². The number of hydrogen-bond acceptors (Lipinski definition) is 22. The number of aliphatic carboxylic acids is 1. The molecule has 3 rings (SSSR count). The van der Waals surface area contributed by atoms with Gasteiger partial charge < -0.3 is 69.6 Å². The van der Waals surface area contributed by atoms with E-state index in [9.17, 15) is 62.7 Å². The zero-order chi connectivity index (χ0) is 41.5. The third kappa shape index (κ3) is 17.7. The van der Waals surface area contributed by atoms with Gasteiger partial charge in [0, 0.05) is 30.7 Å². The number of phosphoric acid groups is 3. The van der Waals surface area contributed by atoms with E-state index in [4.69, 9.17) is 15.6 Å². The second kappa shape index (κ2) is 24.8. The molecule has 9 unspecified atom stereocenters. The van der Waals surface area contributed by atoms with Crippen molar-refractivity contribution in [3.05, 3.63) is 12.7 Å². The number of carbonyl (C=O) groups is 4. The maximum Gasteiger partial charge on any atom is 1.00 e. The van der Waals surface area contributed by atoms with Crippen molar-refractivity contribution >= 4 is 75.1 Å². The fourth-order valence-corrected chi connectivity index (χ4v) is 7.99. The van der Waals surface area contributed by atoms with Crippen molar-refractivity contribution in [1.29, 1.82) is 0 Å². The summed E-state index contributed by atoms with van der Waals surface area (Å²) in [7, 11) is -17.4. The number of nitrogens with zero attached hydrogens (tertiary/aromatic N) is 4. The molecule has 0 aromatic carbocycles. The zero-order valence-corrected chi connectivity index (χ0v) is 41.4. The Morgan fingerprint density at radius 2 is 1.67 bits per heavy atom. The molecule has 2 aromatic heterocycles. The first-order valence-corrected chi connectivity index (χ1v) is 21.0. The fraction of sp³-hybridized carbons (Fsp3) is 0.640. The number of anilines is 1. The van der Waals surface area contributed by atoms with Gasteiger partial charge in [0.25, 0.3) is 23.5 Å². The van der Waals surface area contributed by atoms with Gasteiger partial charge in [-0.05, 0) is 6.92 Å². The summed E-state index contributed by atoms with van der Waals surface area (Å²) in [5.41, 5.74) is 4.04. The van der Waals surface area contributed by atoms with Crippen LogP contribution in [0.25, 0.3) is 11.2 Å². The van der Waals surface area contributed by atoms with Crippen molar-refractivity contribution in [2.24, 2.45) is 11.3 Å². The summed E-state index contributed by atoms with van der Waals surface area (Å²) in [6, 6.07) is 0. The van der Waals surface area contributed by atoms with E-state index in [1.54, 1.807) is 0 Å². The number of ether oxygens (including phenoxy) is 1. The minimum atomic E-state index is -5.92. The summed E-state index contributed by atoms with van der Waals surface area (Å²) < 4.78 is 60.6. The van der Waals surface area contributed by atoms with Crippen LogP contribution >= 0.6 is 35.2 Å². The average molecular weight is 934 g/mol. The molecule has 33 heteroatoms. The van der Waals surface area contributed by atoms with Crippen LogP contribution in [-0.4, -0.2) is 119 Å². The monoisotopic (exact) mass is 933 g/mol. The number of phosphoric ester groups is 3. The first kappa shape index (κ1) is 58.0. The number of carboxylic acids is 1. The standard InChI is InChI=1S/C25H40N7O19P3S.3Na/c1-12(23(37)38)24(39)55-7-6-27-14(33)4-5-28-21(36)18(35)25(2,3)9-48-54(45,46)51-53(43,44)47-8-13-17(50-52(40,41)42)16(34)22(49-13)32-11-31-15-19(26)29-10-30-20(15)32;;;/h10-13,16-18,22,34-35H,4-9H2,1-3H3,(H,27,33)(H,28,36)(H,37,38)(H,43,44)(H,45,46)(H2,26,29,30)(H2,40,41,42);;;/q;3*+1/p-3. The van der Waals surface area contributed by atoms with Gasteiger partial charge in [0.2, 0.25) is 16.9 Å². The topological polar surface area (TPSA) is 409 Å². The van der Waals surface area contributed by atoms with E-state index in [0.717, 1.165) is 17.2 Å². The van der Waals surface area contributed by atoms with Crippen LogP contribution in [0, 0.1) is 11.3 Å². The molecule has 1 saturated heterocycles. The number of nitrogens with two attached hydrogens (primary N) is 1. The largest absolute Gasteiger partial charge is 1.00 e. The van der Waals surface area contributed by atoms with E-state index < -0.39 is 102 Å². The number of aliphatic hydroxyl groups excluding tert-OH is 2. The number of imidazole rings is 1. The van der Waals surface area contributed by atoms with Gasteiger partial charge in [-0.25, -0.2) is 19.3 Å². The van der Waals surface area contributed by atoms with Crippen LogP contribution in [0.2, 0.25) is 0 Å². The molecule has 310 valence electrons. The Morgan fingerprint density at radius 1 is 1.05 bits per heavy atom. The number of carbonyl (C=O) groups excluding carboxylic acids is 3. The summed E-state index contributed by atoms with van der Waals surface area (Å²) in [5.74, 6) is -4.12. The Balaban J connectivity index is 0.0000108. The minimum absolute atomic E-state index is 0. The van der Waals surface area contributed by atoms with E-state index in [2.05, 4.69) is 43.5 Å². The van der Waals surface area contributed by atoms with Crippen LogP contribution in [0.15, 0.2) is 12.7 Å². The van der Waals surface area contributed by atoms with Gasteiger partial charge in [0.15, 0.2) is 17.7 Å². The number of carboxylic acid groups (broad SMARTS) is 1. The SMILES string of the molecule is CC(C(=O)O)C(=O)SCCNC(=O)CCNC(=O)C(O)C(C)(C)COP(=O)([O-])OP(=O)([O-])OCC1OC(n2cnc3c(N)ncnc32)C(O)C1OP(=O)([O-])O.[Na+].[Na+].[Na+]. The van der Waals surface area contributed by atoms with Crippen LogP contribution < -0.4 is 120 Å². The van der Waals surface area contributed by atoms with E-state index in [0.29, 0.717) is 11.8 Å². The molecular weight excluding hydrogens is 896 g/mol. The number of aromatic nitrogens is 4. The van der Waals surface area contributed by atoms with Gasteiger partial charge in [-0.2, -0.15) is 0 Å². The van der Waals surface area contributed by atoms with E-state index >= 15 is 0 Å². The quantitative estimate of drug-likeness (QED) is 0.0264. The second-order valence-electron chi connectivity index (χ2n) is 12.2. The van der Waals surface area contributed by atoms with Crippen LogP contribution in [-0.2, 0) is 55.5 Å². The van der Waals surface area contributed by atoms with Crippen molar-refractivity contribution in [1.82, 2.24) is 30.2 Å². The number of rotatable bonds is 21. The number of fused-ring (bicyclic) bond motifs is 1. The van der Waals surface area contributed by atoms with Crippen molar-refractivity contribution in [2.45, 2.75) is 57.8 Å². The molecule has 2 aromatic rings. The van der Waals surface area contributed by atoms with Crippen molar-refractivity contribution < 1.29 is 179 Å². The van der Waals surface area contributed by atoms with Crippen LogP contribution in [0.3, 0.4) is 0 Å². The van der Waals surface area contributed by atoms with Crippen molar-refractivity contribution in [3.63, 3.8) is 0 Å². The molecule has 1 aliphatic rings. The second-order valence-corrected chi connectivity index (χ2v) is 17.4. The summed E-state index contributed by atoms with van der Waals surface area (Å²) >= 11 is 0.716. The molecule has 58 heavy (non-hydrogen) atoms. The van der Waals surface area contributed by atoms with Crippen LogP contribution in [0.4, 0.5) is 5.82 Å². The Bertz CT molecular complexity index is 1880. The third-order valence-corrected chi connectivity index (χ3v) is 11.5. The van der Waals surface area contributed by atoms with Gasteiger partial charge >= 0.3 is 94.6 Å². The Morgan fingerprint density at radius 3 is 2.28 bits per heavy atom. The smallest absolute Gasteiger partial charge is 0.756 e. The predicted molar refractivity (Wildman–Crippen MR) is 177 cm³/mol. The Kier molecular flexibility index (Phi) is 24.8. The van der Waals surface area contributed by atoms with Gasteiger partial charge in [-0.3, -0.25) is 37.4 Å². The molecule has 9 atom stereocenters. The number of thioether (sulfide) groups is 1. The third-order valence-electron chi connectivity index (χ3n) is 7.45. The molecule has 0 spiro atoms. The number of nitrogens with one attached hydrogen (secondary N) is 2. The Labute approximate surface area is 400 Å². The molecule has 2 amide bonds. The fourth-order valence-electron chi connectivity index (χ4n) is 4.49. The maximum atomic E-state index is 12.5.